The smallest absolute Gasteiger partial charge is 0.270 e. The van der Waals surface area contributed by atoms with Crippen LogP contribution in [-0.2, 0) is 4.74 Å². The van der Waals surface area contributed by atoms with Crippen molar-refractivity contribution in [1.82, 2.24) is 20.2 Å². The van der Waals surface area contributed by atoms with Crippen LogP contribution < -0.4 is 10.6 Å². The molecule has 7 nitrogen and oxygen atoms in total. The number of ether oxygens (including phenoxy) is 1. The van der Waals surface area contributed by atoms with E-state index in [0.29, 0.717) is 31.3 Å². The van der Waals surface area contributed by atoms with Gasteiger partial charge in [-0.05, 0) is 27.1 Å². The number of anilines is 1. The van der Waals surface area contributed by atoms with Crippen LogP contribution in [0.3, 0.4) is 0 Å². The number of hydrogen-bond donors (Lipinski definition) is 2. The Morgan fingerprint density at radius 1 is 1.35 bits per heavy atom. The second-order valence-corrected chi connectivity index (χ2v) is 4.70. The van der Waals surface area contributed by atoms with Gasteiger partial charge in [0.05, 0.1) is 6.61 Å². The summed E-state index contributed by atoms with van der Waals surface area (Å²) in [5.41, 5.74) is 1.12. The lowest BCUT2D eigenvalue weighted by molar-refractivity contribution is 0.0946. The third-order valence-corrected chi connectivity index (χ3v) is 2.52. The van der Waals surface area contributed by atoms with Crippen molar-refractivity contribution < 1.29 is 9.53 Å². The minimum Gasteiger partial charge on any atom is -0.383 e. The zero-order valence-corrected chi connectivity index (χ0v) is 12.6. The largest absolute Gasteiger partial charge is 0.383 e. The molecule has 0 spiro atoms. The van der Waals surface area contributed by atoms with Gasteiger partial charge < -0.3 is 20.3 Å². The summed E-state index contributed by atoms with van der Waals surface area (Å²) in [5.74, 6) is 0.256. The highest BCUT2D eigenvalue weighted by Crippen LogP contribution is 2.04. The molecule has 0 aliphatic carbocycles. The molecule has 0 aliphatic heterocycles. The summed E-state index contributed by atoms with van der Waals surface area (Å²) in [6.07, 6.45) is 0. The molecule has 0 atom stereocenters. The van der Waals surface area contributed by atoms with Crippen molar-refractivity contribution in [3.63, 3.8) is 0 Å². The predicted octanol–water partition coefficient (Wildman–Crippen LogP) is 0.135. The molecular formula is C13H23N5O2. The molecule has 1 heterocycles. The highest BCUT2D eigenvalue weighted by Gasteiger charge is 2.10. The van der Waals surface area contributed by atoms with E-state index in [0.717, 1.165) is 12.2 Å². The van der Waals surface area contributed by atoms with E-state index in [1.165, 1.54) is 0 Å². The summed E-state index contributed by atoms with van der Waals surface area (Å²) in [5, 5.41) is 5.85. The summed E-state index contributed by atoms with van der Waals surface area (Å²) < 4.78 is 4.95. The molecule has 0 aliphatic rings. The number of likely N-dealkylation sites (N-methyl/N-ethyl adjacent to an activating group) is 1. The van der Waals surface area contributed by atoms with Gasteiger partial charge in [0.15, 0.2) is 0 Å². The first-order chi connectivity index (χ1) is 9.52. The van der Waals surface area contributed by atoms with Crippen molar-refractivity contribution >= 4 is 11.9 Å². The van der Waals surface area contributed by atoms with Gasteiger partial charge in [0.25, 0.3) is 5.91 Å². The number of carbonyl (C=O) groups is 1. The van der Waals surface area contributed by atoms with Crippen LogP contribution in [0.1, 0.15) is 16.2 Å². The third kappa shape index (κ3) is 5.94. The number of nitrogens with one attached hydrogen (secondary N) is 2. The van der Waals surface area contributed by atoms with Gasteiger partial charge in [-0.25, -0.2) is 9.97 Å². The topological polar surface area (TPSA) is 79.4 Å². The Kier molecular flexibility index (Phi) is 6.89. The van der Waals surface area contributed by atoms with Crippen LogP contribution in [0, 0.1) is 6.92 Å². The maximum absolute atomic E-state index is 12.0. The summed E-state index contributed by atoms with van der Waals surface area (Å²) in [7, 11) is 5.54. The number of aryl methyl sites for hydroxylation is 1. The van der Waals surface area contributed by atoms with Crippen LogP contribution >= 0.6 is 0 Å². The number of rotatable bonds is 8. The fourth-order valence-electron chi connectivity index (χ4n) is 1.51. The van der Waals surface area contributed by atoms with Gasteiger partial charge in [0.1, 0.15) is 5.69 Å². The van der Waals surface area contributed by atoms with Crippen molar-refractivity contribution in [2.45, 2.75) is 6.92 Å². The quantitative estimate of drug-likeness (QED) is 0.660. The molecule has 0 fully saturated rings. The monoisotopic (exact) mass is 281 g/mol. The number of methoxy groups -OCH3 is 1. The molecule has 0 saturated heterocycles. The lowest BCUT2D eigenvalue weighted by Gasteiger charge is -2.11. The van der Waals surface area contributed by atoms with Crippen molar-refractivity contribution in [2.75, 3.05) is 52.8 Å². The Morgan fingerprint density at radius 3 is 2.75 bits per heavy atom. The van der Waals surface area contributed by atoms with Crippen LogP contribution in [0.15, 0.2) is 6.07 Å². The number of nitrogens with zero attached hydrogens (tertiary/aromatic N) is 3. The van der Waals surface area contributed by atoms with E-state index in [-0.39, 0.29) is 5.91 Å². The molecule has 0 unspecified atom stereocenters. The van der Waals surface area contributed by atoms with Gasteiger partial charge in [0, 0.05) is 32.4 Å². The highest BCUT2D eigenvalue weighted by molar-refractivity contribution is 5.92. The second-order valence-electron chi connectivity index (χ2n) is 4.70. The first kappa shape index (κ1) is 16.3. The van der Waals surface area contributed by atoms with Crippen LogP contribution in [0.25, 0.3) is 0 Å². The van der Waals surface area contributed by atoms with E-state index in [4.69, 9.17) is 4.74 Å². The van der Waals surface area contributed by atoms with E-state index in [1.807, 2.05) is 25.9 Å². The number of carbonyl (C=O) groups excluding carboxylic acids is 1. The van der Waals surface area contributed by atoms with E-state index in [2.05, 4.69) is 20.6 Å². The molecule has 0 saturated carbocycles. The van der Waals surface area contributed by atoms with Crippen molar-refractivity contribution in [3.05, 3.63) is 17.5 Å². The van der Waals surface area contributed by atoms with Crippen molar-refractivity contribution in [1.29, 1.82) is 0 Å². The zero-order chi connectivity index (χ0) is 15.0. The standard InChI is InChI=1S/C13H23N5O2/c1-10-9-11(12(19)14-5-7-18(2)3)17-13(16-10)15-6-8-20-4/h9H,5-8H2,1-4H3,(H,14,19)(H,15,16,17). The van der Waals surface area contributed by atoms with E-state index < -0.39 is 0 Å². The van der Waals surface area contributed by atoms with E-state index in [1.54, 1.807) is 13.2 Å². The lowest BCUT2D eigenvalue weighted by Crippen LogP contribution is -2.32. The molecular weight excluding hydrogens is 258 g/mol. The molecule has 1 aromatic rings. The first-order valence-electron chi connectivity index (χ1n) is 6.54. The van der Waals surface area contributed by atoms with Gasteiger partial charge >= 0.3 is 0 Å². The number of amides is 1. The van der Waals surface area contributed by atoms with Crippen LogP contribution in [0.4, 0.5) is 5.95 Å². The number of hydrogen-bond acceptors (Lipinski definition) is 6. The van der Waals surface area contributed by atoms with Crippen molar-refractivity contribution in [3.8, 4) is 0 Å². The predicted molar refractivity (Wildman–Crippen MR) is 78.0 cm³/mol. The molecule has 2 N–H and O–H groups in total. The summed E-state index contributed by atoms with van der Waals surface area (Å²) >= 11 is 0. The second kappa shape index (κ2) is 8.44. The van der Waals surface area contributed by atoms with Gasteiger partial charge in [-0.1, -0.05) is 0 Å². The average Bonchev–Trinajstić information content (AvgIpc) is 2.38. The molecule has 0 bridgehead atoms. The van der Waals surface area contributed by atoms with E-state index >= 15 is 0 Å². The Balaban J connectivity index is 2.61. The van der Waals surface area contributed by atoms with Gasteiger partial charge in [-0.2, -0.15) is 0 Å². The van der Waals surface area contributed by atoms with Crippen LogP contribution in [-0.4, -0.2) is 68.2 Å². The molecule has 1 rings (SSSR count). The number of aromatic nitrogens is 2. The van der Waals surface area contributed by atoms with E-state index in [9.17, 15) is 4.79 Å². The summed E-state index contributed by atoms with van der Waals surface area (Å²) in [4.78, 5) is 22.4. The fourth-order valence-corrected chi connectivity index (χ4v) is 1.51. The Labute approximate surface area is 119 Å². The maximum atomic E-state index is 12.0. The Bertz CT molecular complexity index is 437. The first-order valence-corrected chi connectivity index (χ1v) is 6.54. The van der Waals surface area contributed by atoms with Crippen LogP contribution in [0.2, 0.25) is 0 Å². The molecule has 0 aromatic carbocycles. The lowest BCUT2D eigenvalue weighted by atomic mass is 10.3. The minimum atomic E-state index is -0.188. The molecule has 7 heteroatoms. The minimum absolute atomic E-state index is 0.188. The SMILES string of the molecule is COCCNc1nc(C)cc(C(=O)NCCN(C)C)n1. The fraction of sp³-hybridized carbons (Fsp3) is 0.615. The van der Waals surface area contributed by atoms with Crippen LogP contribution in [0.5, 0.6) is 0 Å². The van der Waals surface area contributed by atoms with Gasteiger partial charge in [-0.3, -0.25) is 4.79 Å². The summed E-state index contributed by atoms with van der Waals surface area (Å²) in [6.45, 7) is 4.36. The van der Waals surface area contributed by atoms with Crippen molar-refractivity contribution in [2.24, 2.45) is 0 Å². The van der Waals surface area contributed by atoms with Gasteiger partial charge in [0.2, 0.25) is 5.95 Å². The molecule has 0 radical (unpaired) electrons. The Hall–Kier alpha value is -1.73. The maximum Gasteiger partial charge on any atom is 0.270 e. The zero-order valence-electron chi connectivity index (χ0n) is 12.6. The molecule has 20 heavy (non-hydrogen) atoms. The molecule has 112 valence electrons. The Morgan fingerprint density at radius 2 is 2.10 bits per heavy atom. The van der Waals surface area contributed by atoms with Gasteiger partial charge in [-0.15, -0.1) is 0 Å². The summed E-state index contributed by atoms with van der Waals surface area (Å²) in [6, 6.07) is 1.67. The molecule has 1 aromatic heterocycles. The average molecular weight is 281 g/mol. The molecule has 1 amide bonds. The third-order valence-electron chi connectivity index (χ3n) is 2.52. The highest BCUT2D eigenvalue weighted by atomic mass is 16.5. The normalized spacial score (nSPS) is 10.7.